The van der Waals surface area contributed by atoms with E-state index in [2.05, 4.69) is 17.0 Å². The number of anilines is 2. The largest absolute Gasteiger partial charge is 0.465 e. The van der Waals surface area contributed by atoms with E-state index in [4.69, 9.17) is 10.5 Å². The molecule has 0 saturated carbocycles. The average Bonchev–Trinajstić information content (AvgIpc) is 2.47. The summed E-state index contributed by atoms with van der Waals surface area (Å²) >= 11 is 0. The molecule has 0 radical (unpaired) electrons. The van der Waals surface area contributed by atoms with Gasteiger partial charge in [0.05, 0.1) is 24.0 Å². The van der Waals surface area contributed by atoms with Crippen molar-refractivity contribution in [2.45, 2.75) is 26.2 Å². The molecule has 0 heterocycles. The van der Waals surface area contributed by atoms with Crippen molar-refractivity contribution >= 4 is 17.3 Å². The summed E-state index contributed by atoms with van der Waals surface area (Å²) in [7, 11) is 1.34. The number of nitrogens with one attached hydrogen (secondary N) is 1. The number of nitrogen functional groups attached to an aromatic ring is 1. The van der Waals surface area contributed by atoms with Crippen molar-refractivity contribution < 1.29 is 14.3 Å². The standard InChI is InChI=1S/C15H24N2O3/c1-3-4-10-20-11-6-9-17-13-8-5-7-12(14(13)16)15(18)19-2/h5,7-8,17H,3-4,6,9-11,16H2,1-2H3. The number of carbonyl (C=O) groups excluding carboxylic acids is 1. The van der Waals surface area contributed by atoms with E-state index >= 15 is 0 Å². The van der Waals surface area contributed by atoms with Gasteiger partial charge in [-0.2, -0.15) is 0 Å². The monoisotopic (exact) mass is 280 g/mol. The molecule has 0 atom stereocenters. The lowest BCUT2D eigenvalue weighted by Crippen LogP contribution is -2.11. The molecule has 5 nitrogen and oxygen atoms in total. The number of benzene rings is 1. The van der Waals surface area contributed by atoms with E-state index in [1.54, 1.807) is 12.1 Å². The highest BCUT2D eigenvalue weighted by molar-refractivity contribution is 5.98. The summed E-state index contributed by atoms with van der Waals surface area (Å²) in [6, 6.07) is 5.28. The van der Waals surface area contributed by atoms with Gasteiger partial charge in [0.1, 0.15) is 0 Å². The zero-order valence-electron chi connectivity index (χ0n) is 12.3. The van der Waals surface area contributed by atoms with Crippen LogP contribution in [0.4, 0.5) is 11.4 Å². The molecule has 112 valence electrons. The predicted molar refractivity (Wildman–Crippen MR) is 81.0 cm³/mol. The van der Waals surface area contributed by atoms with Crippen molar-refractivity contribution in [3.8, 4) is 0 Å². The van der Waals surface area contributed by atoms with Crippen molar-refractivity contribution in [2.75, 3.05) is 37.9 Å². The number of unbranched alkanes of at least 4 members (excludes halogenated alkanes) is 1. The number of ether oxygens (including phenoxy) is 2. The number of hydrogen-bond donors (Lipinski definition) is 2. The number of rotatable bonds is 9. The maximum Gasteiger partial charge on any atom is 0.340 e. The van der Waals surface area contributed by atoms with Crippen LogP contribution < -0.4 is 11.1 Å². The summed E-state index contributed by atoms with van der Waals surface area (Å²) in [5, 5.41) is 3.21. The van der Waals surface area contributed by atoms with Crippen molar-refractivity contribution in [3.05, 3.63) is 23.8 Å². The van der Waals surface area contributed by atoms with Crippen LogP contribution in [0, 0.1) is 0 Å². The highest BCUT2D eigenvalue weighted by atomic mass is 16.5. The number of methoxy groups -OCH3 is 1. The fourth-order valence-electron chi connectivity index (χ4n) is 1.75. The summed E-state index contributed by atoms with van der Waals surface area (Å²) in [5.41, 5.74) is 7.51. The zero-order chi connectivity index (χ0) is 14.8. The topological polar surface area (TPSA) is 73.6 Å². The fraction of sp³-hybridized carbons (Fsp3) is 0.533. The highest BCUT2D eigenvalue weighted by Crippen LogP contribution is 2.23. The predicted octanol–water partition coefficient (Wildman–Crippen LogP) is 2.67. The second-order valence-corrected chi connectivity index (χ2v) is 4.50. The van der Waals surface area contributed by atoms with E-state index in [1.165, 1.54) is 7.11 Å². The van der Waals surface area contributed by atoms with E-state index < -0.39 is 5.97 Å². The minimum atomic E-state index is -0.422. The van der Waals surface area contributed by atoms with Gasteiger partial charge in [0.2, 0.25) is 0 Å². The van der Waals surface area contributed by atoms with Crippen LogP contribution in [0.3, 0.4) is 0 Å². The van der Waals surface area contributed by atoms with Crippen LogP contribution in [0.1, 0.15) is 36.5 Å². The molecule has 1 aromatic carbocycles. The van der Waals surface area contributed by atoms with Gasteiger partial charge < -0.3 is 20.5 Å². The SMILES string of the molecule is CCCCOCCCNc1cccc(C(=O)OC)c1N. The van der Waals surface area contributed by atoms with Gasteiger partial charge in [-0.3, -0.25) is 0 Å². The number of nitrogens with two attached hydrogens (primary N) is 1. The summed E-state index contributed by atoms with van der Waals surface area (Å²) in [5.74, 6) is -0.422. The minimum Gasteiger partial charge on any atom is -0.465 e. The quantitative estimate of drug-likeness (QED) is 0.413. The first-order valence-corrected chi connectivity index (χ1v) is 6.99. The van der Waals surface area contributed by atoms with Crippen molar-refractivity contribution in [1.29, 1.82) is 0 Å². The summed E-state index contributed by atoms with van der Waals surface area (Å²) in [4.78, 5) is 11.5. The Kier molecular flexibility index (Phi) is 7.50. The smallest absolute Gasteiger partial charge is 0.340 e. The molecule has 5 heteroatoms. The number of carbonyl (C=O) groups is 1. The Bertz CT molecular complexity index is 422. The maximum absolute atomic E-state index is 11.5. The number of hydrogen-bond acceptors (Lipinski definition) is 5. The van der Waals surface area contributed by atoms with Gasteiger partial charge in [-0.1, -0.05) is 19.4 Å². The third-order valence-electron chi connectivity index (χ3n) is 2.93. The van der Waals surface area contributed by atoms with E-state index in [-0.39, 0.29) is 0 Å². The Labute approximate surface area is 120 Å². The van der Waals surface area contributed by atoms with E-state index in [9.17, 15) is 4.79 Å². The van der Waals surface area contributed by atoms with Crippen LogP contribution >= 0.6 is 0 Å². The first kappa shape index (κ1) is 16.3. The Morgan fingerprint density at radius 2 is 2.05 bits per heavy atom. The van der Waals surface area contributed by atoms with Crippen molar-refractivity contribution in [1.82, 2.24) is 0 Å². The molecule has 0 amide bonds. The van der Waals surface area contributed by atoms with Crippen LogP contribution in [-0.2, 0) is 9.47 Å². The molecule has 0 aliphatic heterocycles. The van der Waals surface area contributed by atoms with Crippen LogP contribution in [0.15, 0.2) is 18.2 Å². The van der Waals surface area contributed by atoms with Gasteiger partial charge >= 0.3 is 5.97 Å². The van der Waals surface area contributed by atoms with E-state index in [1.807, 2.05) is 6.07 Å². The molecule has 0 bridgehead atoms. The number of para-hydroxylation sites is 1. The molecule has 0 aromatic heterocycles. The zero-order valence-corrected chi connectivity index (χ0v) is 12.3. The number of esters is 1. The second-order valence-electron chi connectivity index (χ2n) is 4.50. The van der Waals surface area contributed by atoms with Gasteiger partial charge in [0, 0.05) is 19.8 Å². The lowest BCUT2D eigenvalue weighted by molar-refractivity contribution is 0.0602. The van der Waals surface area contributed by atoms with Gasteiger partial charge in [-0.25, -0.2) is 4.79 Å². The molecule has 0 spiro atoms. The molecule has 20 heavy (non-hydrogen) atoms. The molecular formula is C15H24N2O3. The highest BCUT2D eigenvalue weighted by Gasteiger charge is 2.12. The molecular weight excluding hydrogens is 256 g/mol. The maximum atomic E-state index is 11.5. The molecule has 0 aliphatic rings. The summed E-state index contributed by atoms with van der Waals surface area (Å²) in [6.07, 6.45) is 3.14. The van der Waals surface area contributed by atoms with Crippen LogP contribution in [0.2, 0.25) is 0 Å². The first-order valence-electron chi connectivity index (χ1n) is 6.99. The third kappa shape index (κ3) is 5.09. The fourth-order valence-corrected chi connectivity index (χ4v) is 1.75. The minimum absolute atomic E-state index is 0.386. The summed E-state index contributed by atoms with van der Waals surface area (Å²) < 4.78 is 10.2. The normalized spacial score (nSPS) is 10.3. The second kappa shape index (κ2) is 9.20. The van der Waals surface area contributed by atoms with Gasteiger partial charge in [0.15, 0.2) is 0 Å². The lowest BCUT2D eigenvalue weighted by Gasteiger charge is -2.12. The average molecular weight is 280 g/mol. The van der Waals surface area contributed by atoms with Crippen molar-refractivity contribution in [2.24, 2.45) is 0 Å². The van der Waals surface area contributed by atoms with Gasteiger partial charge in [0.25, 0.3) is 0 Å². The molecule has 3 N–H and O–H groups in total. The summed E-state index contributed by atoms with van der Waals surface area (Å²) in [6.45, 7) is 4.43. The van der Waals surface area contributed by atoms with Crippen molar-refractivity contribution in [3.63, 3.8) is 0 Å². The van der Waals surface area contributed by atoms with Gasteiger partial charge in [-0.15, -0.1) is 0 Å². The van der Waals surface area contributed by atoms with Crippen LogP contribution in [-0.4, -0.2) is 32.8 Å². The molecule has 0 fully saturated rings. The molecule has 0 saturated heterocycles. The van der Waals surface area contributed by atoms with E-state index in [0.29, 0.717) is 11.3 Å². The molecule has 1 aromatic rings. The Morgan fingerprint density at radius 1 is 1.30 bits per heavy atom. The third-order valence-corrected chi connectivity index (χ3v) is 2.93. The Hall–Kier alpha value is -1.75. The molecule has 0 aliphatic carbocycles. The Morgan fingerprint density at radius 3 is 2.75 bits per heavy atom. The first-order chi connectivity index (χ1) is 9.70. The van der Waals surface area contributed by atoms with Crippen LogP contribution in [0.25, 0.3) is 0 Å². The lowest BCUT2D eigenvalue weighted by atomic mass is 10.1. The molecule has 1 rings (SSSR count). The van der Waals surface area contributed by atoms with Crippen LogP contribution in [0.5, 0.6) is 0 Å². The Balaban J connectivity index is 2.39. The molecule has 0 unspecified atom stereocenters. The van der Waals surface area contributed by atoms with Gasteiger partial charge in [-0.05, 0) is 25.0 Å². The van der Waals surface area contributed by atoms with E-state index in [0.717, 1.165) is 44.7 Å².